The average molecular weight is 1260 g/mol. The minimum atomic E-state index is -6.45. The van der Waals surface area contributed by atoms with Gasteiger partial charge in [0.05, 0.1) is 45.0 Å². The number of aromatic amines is 2. The molecule has 39 nitrogen and oxygen atoms in total. The van der Waals surface area contributed by atoms with Crippen LogP contribution >= 0.6 is 39.1 Å². The van der Waals surface area contributed by atoms with E-state index in [0.29, 0.717) is 17.4 Å². The van der Waals surface area contributed by atoms with Crippen LogP contribution in [0.5, 0.6) is 0 Å². The molecule has 8 rings (SSSR count). The van der Waals surface area contributed by atoms with Gasteiger partial charge in [-0.25, -0.2) is 37.6 Å². The highest BCUT2D eigenvalue weighted by Gasteiger charge is 2.53. The van der Waals surface area contributed by atoms with Gasteiger partial charge in [-0.1, -0.05) is 11.1 Å². The molecule has 0 saturated carbocycles. The number of aliphatic hydroxyl groups excluding tert-OH is 3. The summed E-state index contributed by atoms with van der Waals surface area (Å²) in [7, 11) is -26.7. The zero-order valence-corrected chi connectivity index (χ0v) is 46.5. The van der Waals surface area contributed by atoms with Crippen molar-refractivity contribution in [3.63, 3.8) is 0 Å². The van der Waals surface area contributed by atoms with E-state index in [1.54, 1.807) is 6.08 Å². The molecule has 4 aliphatic rings. The van der Waals surface area contributed by atoms with E-state index in [1.165, 1.54) is 40.4 Å². The highest BCUT2D eigenvalue weighted by Crippen LogP contribution is 2.71. The van der Waals surface area contributed by atoms with Gasteiger partial charge in [0.1, 0.15) is 48.4 Å². The predicted octanol–water partition coefficient (Wildman–Crippen LogP) is -2.83. The maximum absolute atomic E-state index is 13.6. The highest BCUT2D eigenvalue weighted by molar-refractivity contribution is 7.69. The highest BCUT2D eigenvalue weighted by atomic mass is 31.3. The molecule has 13 N–H and O–H groups in total. The Morgan fingerprint density at radius 2 is 1.44 bits per heavy atom. The van der Waals surface area contributed by atoms with Gasteiger partial charge < -0.3 is 84.0 Å². The minimum Gasteiger partial charge on any atom is -0.756 e. The monoisotopic (exact) mass is 1260 g/mol. The van der Waals surface area contributed by atoms with Gasteiger partial charge in [0.15, 0.2) is 24.6 Å². The van der Waals surface area contributed by atoms with Gasteiger partial charge in [0, 0.05) is 45.2 Å². The molecular formula is C37H54N11O28P5. The van der Waals surface area contributed by atoms with Crippen molar-refractivity contribution >= 4 is 74.0 Å². The molecule has 0 radical (unpaired) electrons. The lowest BCUT2D eigenvalue weighted by molar-refractivity contribution is -0.745. The second-order valence-electron chi connectivity index (χ2n) is 18.0. The van der Waals surface area contributed by atoms with Gasteiger partial charge in [0.2, 0.25) is 11.7 Å². The first-order chi connectivity index (χ1) is 37.9. The van der Waals surface area contributed by atoms with Crippen LogP contribution < -0.4 is 37.7 Å². The molecule has 3 fully saturated rings. The average Bonchev–Trinajstić information content (AvgIpc) is 4.25. The molecule has 3 saturated heterocycles. The summed E-state index contributed by atoms with van der Waals surface area (Å²) in [5.41, 5.74) is 9.72. The molecule has 4 aliphatic heterocycles. The van der Waals surface area contributed by atoms with E-state index in [4.69, 9.17) is 53.2 Å². The number of aryl methyl sites for hydroxylation is 1. The van der Waals surface area contributed by atoms with E-state index in [2.05, 4.69) is 32.9 Å². The maximum Gasteiger partial charge on any atom is 0.490 e. The van der Waals surface area contributed by atoms with Gasteiger partial charge in [-0.2, -0.15) is 12.9 Å². The normalized spacial score (nSPS) is 30.6. The number of phosphoric acid groups is 5. The van der Waals surface area contributed by atoms with Crippen LogP contribution in [0.15, 0.2) is 50.4 Å². The smallest absolute Gasteiger partial charge is 0.490 e. The summed E-state index contributed by atoms with van der Waals surface area (Å²) in [6, 6.07) is 0.905. The number of nitrogen functional groups attached to an aromatic ring is 1. The third-order valence-electron chi connectivity index (χ3n) is 12.5. The number of phosphoric ester groups is 3. The number of nitrogens with one attached hydrogen (secondary N) is 2. The fourth-order valence-corrected chi connectivity index (χ4v) is 14.9. The largest absolute Gasteiger partial charge is 0.756 e. The first kappa shape index (κ1) is 62.6. The first-order valence-electron chi connectivity index (χ1n) is 23.5. The quantitative estimate of drug-likeness (QED) is 0.0249. The van der Waals surface area contributed by atoms with E-state index in [0.717, 1.165) is 25.7 Å². The zero-order valence-electron chi connectivity index (χ0n) is 42.1. The molecule has 0 aliphatic carbocycles. The summed E-state index contributed by atoms with van der Waals surface area (Å²) in [5.74, 6) is -1.24. The van der Waals surface area contributed by atoms with E-state index < -0.39 is 149 Å². The van der Waals surface area contributed by atoms with Crippen molar-refractivity contribution in [1.29, 1.82) is 0 Å². The Bertz CT molecular complexity index is 3460. The zero-order chi connectivity index (χ0) is 59.1. The number of hydrogen-bond acceptors (Lipinski definition) is 29. The Morgan fingerprint density at radius 1 is 0.802 bits per heavy atom. The Hall–Kier alpha value is -4.40. The van der Waals surface area contributed by atoms with Crippen molar-refractivity contribution in [3.8, 4) is 0 Å². The van der Waals surface area contributed by atoms with E-state index in [1.807, 2.05) is 4.98 Å². The van der Waals surface area contributed by atoms with Crippen LogP contribution in [-0.2, 0) is 84.6 Å². The molecule has 5 unspecified atom stereocenters. The fourth-order valence-electron chi connectivity index (χ4n) is 9.00. The van der Waals surface area contributed by atoms with Crippen molar-refractivity contribution in [3.05, 3.63) is 67.9 Å². The third kappa shape index (κ3) is 14.4. The summed E-state index contributed by atoms with van der Waals surface area (Å²) in [6.45, 7) is -3.47. The van der Waals surface area contributed by atoms with Gasteiger partial charge >= 0.3 is 42.6 Å². The number of nitrogens with two attached hydrogens (primary N) is 2. The van der Waals surface area contributed by atoms with Crippen molar-refractivity contribution in [2.75, 3.05) is 46.4 Å². The standard InChI is InChI=1S/C37H54N11O28P5/c1-45-16-48(31-24(45)32(53)44-36(39)43-31)33-25(50)17(8-11-65-2)19(70-33)12-68-78(57,58)74-80(61,62)76-81(63,64)75-79(59,60)69-14-21-28(29(66-3)35(72-21)47-15-41-23-18(38)6-4-5-9-40-30(23)47)73-77(55,56)67-13-20-26(51)27(52)34(71-20)46-10-7-22(49)42-37(46)54/h6-7,9-10,15-17,19-21,25-29,33-35,50-52H,4-5,8,11-14,38H2,1-3H3,(H8-,39,42,43,44,49,53,54,55,56,57,58,59,60,61,62,63,64)/t17-,19-,20-,21-,25-,26-,27-,28-,29-,33-,34-,35-/m1/s1. The molecule has 0 bridgehead atoms. The van der Waals surface area contributed by atoms with Gasteiger partial charge in [-0.3, -0.25) is 46.9 Å². The van der Waals surface area contributed by atoms with Crippen molar-refractivity contribution in [2.24, 2.45) is 23.7 Å². The number of aromatic nitrogens is 8. The molecule has 81 heavy (non-hydrogen) atoms. The lowest BCUT2D eigenvalue weighted by Crippen LogP contribution is -2.45. The topological polar surface area (TPSA) is 552 Å². The third-order valence-corrected chi connectivity index (χ3v) is 19.4. The number of imidazole rings is 2. The summed E-state index contributed by atoms with van der Waals surface area (Å²) < 4.78 is 131. The molecule has 44 heteroatoms. The summed E-state index contributed by atoms with van der Waals surface area (Å²) >= 11 is 0. The van der Waals surface area contributed by atoms with Gasteiger partial charge in [-0.05, 0) is 19.3 Å². The van der Waals surface area contributed by atoms with Crippen LogP contribution in [0.1, 0.15) is 43.6 Å². The molecule has 8 heterocycles. The molecule has 4 aromatic heterocycles. The Kier molecular flexibility index (Phi) is 19.1. The summed E-state index contributed by atoms with van der Waals surface area (Å²) in [6.07, 6.45) is -10.9. The lowest BCUT2D eigenvalue weighted by atomic mass is 9.95. The minimum absolute atomic E-state index is 0.00737. The Morgan fingerprint density at radius 3 is 2.10 bits per heavy atom. The van der Waals surface area contributed by atoms with Gasteiger partial charge in [0.25, 0.3) is 24.9 Å². The SMILES string of the molecule is COCC[C@H]1[C@@H](O)[C@H]([n+]2cn(C)c3c(=O)[nH]c(N)nc32)O[C@@H]1COP(=O)(O)OP(=O)(O)OP(=O)(O)OP(=O)(O)OC[C@H]1O[C@@H](n2cnc3c2N=CCCC=C3N)[C@H](OC)[C@@H]1OP(=O)([O-])OC[C@H]1O[C@@H](n2ccc(=O)[nH]c2=O)[C@H](O)[C@@H]1O. The molecule has 0 aromatic carbocycles. The van der Waals surface area contributed by atoms with E-state index in [9.17, 15) is 77.0 Å². The summed E-state index contributed by atoms with van der Waals surface area (Å²) in [4.78, 5) is 109. The van der Waals surface area contributed by atoms with Crippen LogP contribution in [0.4, 0.5) is 11.8 Å². The van der Waals surface area contributed by atoms with E-state index >= 15 is 0 Å². The number of ether oxygens (including phenoxy) is 5. The number of hydrogen-bond donors (Lipinski definition) is 11. The van der Waals surface area contributed by atoms with Crippen molar-refractivity contribution < 1.29 is 122 Å². The molecule has 4 aromatic rings. The van der Waals surface area contributed by atoms with Crippen LogP contribution in [0.3, 0.4) is 0 Å². The second kappa shape index (κ2) is 24.7. The number of fused-ring (bicyclic) bond motifs is 2. The molecule has 0 amide bonds. The van der Waals surface area contributed by atoms with Gasteiger partial charge in [-0.15, -0.1) is 0 Å². The lowest BCUT2D eigenvalue weighted by Gasteiger charge is -2.31. The number of aliphatic hydroxyl groups is 3. The van der Waals surface area contributed by atoms with Crippen LogP contribution in [0.25, 0.3) is 16.9 Å². The number of H-pyrrole nitrogens is 2. The van der Waals surface area contributed by atoms with Crippen LogP contribution in [0.2, 0.25) is 0 Å². The fraction of sp³-hybridized carbons (Fsp3) is 0.595. The number of rotatable bonds is 24. The van der Waals surface area contributed by atoms with Crippen LogP contribution in [0, 0.1) is 5.92 Å². The van der Waals surface area contributed by atoms with Crippen molar-refractivity contribution in [2.45, 2.75) is 86.8 Å². The Balaban J connectivity index is 0.935. The number of methoxy groups -OCH3 is 2. The number of anilines is 1. The van der Waals surface area contributed by atoms with Crippen molar-refractivity contribution in [1.82, 2.24) is 33.6 Å². The van der Waals surface area contributed by atoms with Crippen LogP contribution in [-0.4, -0.2) is 164 Å². The number of allylic oxidation sites excluding steroid dienone is 1. The summed E-state index contributed by atoms with van der Waals surface area (Å²) in [5, 5.41) is 32.7. The molecular weight excluding hydrogens is 1200 g/mol. The number of aliphatic imine (C=N–C) groups is 1. The second-order valence-corrected chi connectivity index (χ2v) is 25.6. The number of nitrogens with zero attached hydrogens (tertiary/aromatic N) is 7. The predicted molar refractivity (Wildman–Crippen MR) is 262 cm³/mol. The van der Waals surface area contributed by atoms with E-state index in [-0.39, 0.29) is 47.3 Å². The first-order valence-corrected chi connectivity index (χ1v) is 30.9. The maximum atomic E-state index is 13.6. The molecule has 450 valence electrons. The molecule has 0 spiro atoms. The Labute approximate surface area is 453 Å². The molecule has 17 atom stereocenters.